The minimum absolute atomic E-state index is 0.181. The molecule has 5 heteroatoms. The fourth-order valence-electron chi connectivity index (χ4n) is 3.26. The molecule has 146 valence electrons. The summed E-state index contributed by atoms with van der Waals surface area (Å²) < 4.78 is 0. The van der Waals surface area contributed by atoms with Gasteiger partial charge in [-0.3, -0.25) is 19.3 Å². The molecule has 2 amide bonds. The Labute approximate surface area is 161 Å². The molecular weight excluding hydrogens is 342 g/mol. The quantitative estimate of drug-likeness (QED) is 0.291. The highest BCUT2D eigenvalue weighted by molar-refractivity contribution is 6.29. The highest BCUT2D eigenvalue weighted by Crippen LogP contribution is 2.22. The van der Waals surface area contributed by atoms with Gasteiger partial charge in [0.1, 0.15) is 11.3 Å². The van der Waals surface area contributed by atoms with Gasteiger partial charge in [-0.15, -0.1) is 0 Å². The van der Waals surface area contributed by atoms with Crippen LogP contribution in [0.2, 0.25) is 0 Å². The number of ketones is 1. The van der Waals surface area contributed by atoms with Crippen LogP contribution in [-0.4, -0.2) is 34.1 Å². The molecule has 1 aromatic rings. The monoisotopic (exact) mass is 371 g/mol. The van der Waals surface area contributed by atoms with Gasteiger partial charge in [-0.05, 0) is 31.2 Å². The molecule has 1 N–H and O–H groups in total. The minimum Gasteiger partial charge on any atom is -0.511 e. The average molecular weight is 371 g/mol. The van der Waals surface area contributed by atoms with Crippen LogP contribution in [0, 0.1) is 0 Å². The van der Waals surface area contributed by atoms with E-state index in [1.165, 1.54) is 5.56 Å². The number of carbonyl (C=O) groups excluding carboxylic acids is 3. The summed E-state index contributed by atoms with van der Waals surface area (Å²) in [7, 11) is 0. The number of allylic oxidation sites excluding steroid dienone is 1. The lowest BCUT2D eigenvalue weighted by atomic mass is 10.0. The number of hydrogen-bond acceptors (Lipinski definition) is 4. The van der Waals surface area contributed by atoms with Crippen molar-refractivity contribution in [3.8, 4) is 0 Å². The number of unbranched alkanes of at least 4 members (excludes halogenated alkanes) is 4. The van der Waals surface area contributed by atoms with Gasteiger partial charge in [0.2, 0.25) is 5.91 Å². The van der Waals surface area contributed by atoms with Gasteiger partial charge < -0.3 is 5.11 Å². The Balaban J connectivity index is 1.85. The number of aryl methyl sites for hydroxylation is 1. The number of aliphatic hydroxyl groups is 1. The van der Waals surface area contributed by atoms with Crippen molar-refractivity contribution in [3.05, 3.63) is 47.2 Å². The summed E-state index contributed by atoms with van der Waals surface area (Å²) in [5, 5.41) is 10.2. The van der Waals surface area contributed by atoms with Crippen molar-refractivity contribution < 1.29 is 19.5 Å². The summed E-state index contributed by atoms with van der Waals surface area (Å²) in [6.45, 7) is 1.85. The van der Waals surface area contributed by atoms with Crippen molar-refractivity contribution in [1.82, 2.24) is 4.90 Å². The largest absolute Gasteiger partial charge is 0.511 e. The van der Waals surface area contributed by atoms with E-state index in [9.17, 15) is 19.5 Å². The number of likely N-dealkylation sites (tertiary alicyclic amines) is 1. The molecule has 1 aliphatic rings. The van der Waals surface area contributed by atoms with E-state index in [1.807, 2.05) is 30.3 Å². The number of imide groups is 1. The highest BCUT2D eigenvalue weighted by atomic mass is 16.3. The van der Waals surface area contributed by atoms with Crippen molar-refractivity contribution in [1.29, 1.82) is 0 Å². The van der Waals surface area contributed by atoms with Crippen LogP contribution in [0.4, 0.5) is 0 Å². The zero-order valence-electron chi connectivity index (χ0n) is 16.1. The van der Waals surface area contributed by atoms with Crippen molar-refractivity contribution >= 4 is 17.6 Å². The maximum Gasteiger partial charge on any atom is 0.268 e. The van der Waals surface area contributed by atoms with Crippen LogP contribution in [0.5, 0.6) is 0 Å². The predicted octanol–water partition coefficient (Wildman–Crippen LogP) is 4.12. The van der Waals surface area contributed by atoms with Gasteiger partial charge in [0.25, 0.3) is 5.91 Å². The lowest BCUT2D eigenvalue weighted by molar-refractivity contribution is -0.141. The first-order valence-electron chi connectivity index (χ1n) is 9.88. The molecule has 2 rings (SSSR count). The summed E-state index contributed by atoms with van der Waals surface area (Å²) in [6.07, 6.45) is 6.73. The minimum atomic E-state index is -0.638. The molecule has 0 spiro atoms. The van der Waals surface area contributed by atoms with Gasteiger partial charge in [0.15, 0.2) is 5.78 Å². The van der Waals surface area contributed by atoms with Crippen molar-refractivity contribution in [3.63, 3.8) is 0 Å². The smallest absolute Gasteiger partial charge is 0.268 e. The number of nitrogens with zero attached hydrogens (tertiary/aromatic N) is 1. The lowest BCUT2D eigenvalue weighted by Gasteiger charge is -2.12. The number of rotatable bonds is 10. The molecule has 0 aliphatic carbocycles. The predicted molar refractivity (Wildman–Crippen MR) is 104 cm³/mol. The van der Waals surface area contributed by atoms with E-state index in [2.05, 4.69) is 6.92 Å². The average Bonchev–Trinajstić information content (AvgIpc) is 2.97. The van der Waals surface area contributed by atoms with Gasteiger partial charge in [-0.25, -0.2) is 0 Å². The van der Waals surface area contributed by atoms with Crippen LogP contribution in [0.1, 0.15) is 63.9 Å². The molecule has 1 saturated heterocycles. The Kier molecular flexibility index (Phi) is 8.24. The topological polar surface area (TPSA) is 74.7 Å². The van der Waals surface area contributed by atoms with E-state index in [4.69, 9.17) is 0 Å². The van der Waals surface area contributed by atoms with Gasteiger partial charge in [0, 0.05) is 12.8 Å². The summed E-state index contributed by atoms with van der Waals surface area (Å²) in [5.74, 6) is -1.60. The number of hydrogen-bond donors (Lipinski definition) is 1. The molecule has 27 heavy (non-hydrogen) atoms. The third-order valence-electron chi connectivity index (χ3n) is 4.85. The van der Waals surface area contributed by atoms with E-state index in [0.717, 1.165) is 43.4 Å². The fourth-order valence-corrected chi connectivity index (χ4v) is 3.26. The molecule has 0 bridgehead atoms. The molecule has 0 radical (unpaired) electrons. The van der Waals surface area contributed by atoms with Gasteiger partial charge in [0.05, 0.1) is 6.54 Å². The van der Waals surface area contributed by atoms with E-state index < -0.39 is 11.7 Å². The number of Topliss-reactive ketones (excluding diaryl/α,β-unsaturated/α-hetero) is 1. The maximum atomic E-state index is 12.4. The normalized spacial score (nSPS) is 16.1. The third-order valence-corrected chi connectivity index (χ3v) is 4.85. The Morgan fingerprint density at radius 1 is 1.00 bits per heavy atom. The van der Waals surface area contributed by atoms with Crippen molar-refractivity contribution in [2.24, 2.45) is 0 Å². The summed E-state index contributed by atoms with van der Waals surface area (Å²) in [4.78, 5) is 37.7. The van der Waals surface area contributed by atoms with Crippen LogP contribution in [0.3, 0.4) is 0 Å². The molecule has 5 nitrogen and oxygen atoms in total. The summed E-state index contributed by atoms with van der Waals surface area (Å²) in [6, 6.07) is 10.0. The van der Waals surface area contributed by atoms with Crippen molar-refractivity contribution in [2.45, 2.75) is 64.7 Å². The summed E-state index contributed by atoms with van der Waals surface area (Å²) >= 11 is 0. The molecule has 1 fully saturated rings. The van der Waals surface area contributed by atoms with Gasteiger partial charge >= 0.3 is 0 Å². The first-order valence-corrected chi connectivity index (χ1v) is 9.88. The van der Waals surface area contributed by atoms with Crippen LogP contribution in [0.25, 0.3) is 0 Å². The number of amides is 2. The fraction of sp³-hybridized carbons (Fsp3) is 0.500. The van der Waals surface area contributed by atoms with Crippen LogP contribution < -0.4 is 0 Å². The molecule has 0 atom stereocenters. The lowest BCUT2D eigenvalue weighted by Crippen LogP contribution is -2.32. The third kappa shape index (κ3) is 6.05. The van der Waals surface area contributed by atoms with E-state index >= 15 is 0 Å². The molecule has 1 heterocycles. The van der Waals surface area contributed by atoms with Crippen molar-refractivity contribution in [2.75, 3.05) is 6.54 Å². The number of aliphatic hydroxyl groups excluding tert-OH is 1. The molecular formula is C22H29NO4. The van der Waals surface area contributed by atoms with Crippen LogP contribution in [0.15, 0.2) is 41.7 Å². The maximum absolute atomic E-state index is 12.4. The standard InChI is InChI=1S/C22H29NO4/c1-2-3-4-8-15-20(26)23-16-19(25)21(22(23)27)18(24)14-10-9-13-17-11-6-5-7-12-17/h5-7,11-12,24H,2-4,8-10,13-16H2,1H3/b21-18-. The van der Waals surface area contributed by atoms with E-state index in [1.54, 1.807) is 0 Å². The van der Waals surface area contributed by atoms with Crippen LogP contribution >= 0.6 is 0 Å². The Morgan fingerprint density at radius 2 is 1.70 bits per heavy atom. The second kappa shape index (κ2) is 10.7. The Hall–Kier alpha value is -2.43. The second-order valence-electron chi connectivity index (χ2n) is 7.03. The molecule has 1 aromatic carbocycles. The zero-order chi connectivity index (χ0) is 19.6. The number of benzene rings is 1. The first-order chi connectivity index (χ1) is 13.0. The van der Waals surface area contributed by atoms with Gasteiger partial charge in [-0.1, -0.05) is 56.5 Å². The highest BCUT2D eigenvalue weighted by Gasteiger charge is 2.39. The van der Waals surface area contributed by atoms with Gasteiger partial charge in [-0.2, -0.15) is 0 Å². The van der Waals surface area contributed by atoms with Crippen LogP contribution in [-0.2, 0) is 20.8 Å². The zero-order valence-corrected chi connectivity index (χ0v) is 16.1. The molecule has 0 aromatic heterocycles. The Bertz CT molecular complexity index is 694. The number of carbonyl (C=O) groups is 3. The first kappa shape index (κ1) is 20.9. The SMILES string of the molecule is CCCCCCC(=O)N1CC(=O)/C(=C(/O)CCCCc2ccccc2)C1=O. The van der Waals surface area contributed by atoms with E-state index in [0.29, 0.717) is 6.42 Å². The Morgan fingerprint density at radius 3 is 2.41 bits per heavy atom. The second-order valence-corrected chi connectivity index (χ2v) is 7.03. The molecule has 0 unspecified atom stereocenters. The molecule has 0 saturated carbocycles. The molecule has 1 aliphatic heterocycles. The summed E-state index contributed by atoms with van der Waals surface area (Å²) in [5.41, 5.74) is 1.02. The van der Waals surface area contributed by atoms with E-state index in [-0.39, 0.29) is 36.6 Å².